The van der Waals surface area contributed by atoms with Crippen LogP contribution in [0.2, 0.25) is 0 Å². The third-order valence-electron chi connectivity index (χ3n) is 2.46. The average Bonchev–Trinajstić information content (AvgIpc) is 2.65. The molecule has 0 unspecified atom stereocenters. The van der Waals surface area contributed by atoms with E-state index in [1.165, 1.54) is 10.8 Å². The molecule has 0 radical (unpaired) electrons. The van der Waals surface area contributed by atoms with Crippen LogP contribution in [-0.4, -0.2) is 19.5 Å². The van der Waals surface area contributed by atoms with Crippen LogP contribution in [0.25, 0.3) is 16.9 Å². The molecule has 84 valence electrons. The minimum absolute atomic E-state index is 0.322. The lowest BCUT2D eigenvalue weighted by Crippen LogP contribution is -2.16. The van der Waals surface area contributed by atoms with Crippen molar-refractivity contribution in [2.24, 2.45) is 0 Å². The molecule has 0 bridgehead atoms. The Kier molecular flexibility index (Phi) is 1.94. The van der Waals surface area contributed by atoms with E-state index in [1.807, 2.05) is 18.2 Å². The summed E-state index contributed by atoms with van der Waals surface area (Å²) in [6.07, 6.45) is 1.44. The summed E-state index contributed by atoms with van der Waals surface area (Å²) >= 11 is 0. The first-order chi connectivity index (χ1) is 8.25. The van der Waals surface area contributed by atoms with Gasteiger partial charge in [0.15, 0.2) is 5.65 Å². The normalized spacial score (nSPS) is 10.8. The molecule has 3 aromatic rings. The fourth-order valence-corrected chi connectivity index (χ4v) is 1.73. The van der Waals surface area contributed by atoms with Crippen molar-refractivity contribution < 1.29 is 0 Å². The Morgan fingerprint density at radius 3 is 2.65 bits per heavy atom. The Hall–Kier alpha value is -2.63. The van der Waals surface area contributed by atoms with E-state index in [9.17, 15) is 9.59 Å². The van der Waals surface area contributed by atoms with Gasteiger partial charge in [-0.2, -0.15) is 4.98 Å². The van der Waals surface area contributed by atoms with Crippen molar-refractivity contribution in [3.63, 3.8) is 0 Å². The summed E-state index contributed by atoms with van der Waals surface area (Å²) in [7, 11) is 0. The van der Waals surface area contributed by atoms with Gasteiger partial charge in [0.25, 0.3) is 0 Å². The van der Waals surface area contributed by atoms with Gasteiger partial charge < -0.3 is 9.97 Å². The van der Waals surface area contributed by atoms with Gasteiger partial charge in [-0.3, -0.25) is 0 Å². The first-order valence-electron chi connectivity index (χ1n) is 5.01. The summed E-state index contributed by atoms with van der Waals surface area (Å²) in [5.74, 6) is 0. The topological polar surface area (TPSA) is 83.5 Å². The van der Waals surface area contributed by atoms with Crippen LogP contribution in [0.5, 0.6) is 0 Å². The number of imidazole rings is 1. The zero-order valence-electron chi connectivity index (χ0n) is 8.68. The number of hydrogen-bond donors (Lipinski definition) is 2. The van der Waals surface area contributed by atoms with E-state index < -0.39 is 5.69 Å². The average molecular weight is 228 g/mol. The molecule has 17 heavy (non-hydrogen) atoms. The fourth-order valence-electron chi connectivity index (χ4n) is 1.73. The number of benzene rings is 1. The van der Waals surface area contributed by atoms with Gasteiger partial charge in [0, 0.05) is 6.20 Å². The first kappa shape index (κ1) is 9.59. The Labute approximate surface area is 94.6 Å². The van der Waals surface area contributed by atoms with Crippen LogP contribution in [0.1, 0.15) is 0 Å². The molecule has 0 saturated heterocycles. The largest absolute Gasteiger partial charge is 0.347 e. The summed E-state index contributed by atoms with van der Waals surface area (Å²) in [5, 5.41) is 0. The van der Waals surface area contributed by atoms with Crippen LogP contribution < -0.4 is 11.4 Å². The Bertz CT molecular complexity index is 782. The van der Waals surface area contributed by atoms with Crippen LogP contribution in [0, 0.1) is 0 Å². The molecule has 0 spiro atoms. The number of para-hydroxylation sites is 1. The van der Waals surface area contributed by atoms with E-state index in [1.54, 1.807) is 12.1 Å². The zero-order chi connectivity index (χ0) is 11.8. The molecule has 0 aliphatic heterocycles. The predicted octanol–water partition coefficient (Wildman–Crippen LogP) is 0.402. The van der Waals surface area contributed by atoms with Crippen molar-refractivity contribution in [3.8, 4) is 5.69 Å². The third kappa shape index (κ3) is 1.46. The lowest BCUT2D eigenvalue weighted by molar-refractivity contribution is 0.987. The number of aromatic nitrogens is 4. The molecule has 6 heteroatoms. The molecule has 0 aliphatic rings. The molecular formula is C11H8N4O2. The van der Waals surface area contributed by atoms with Crippen molar-refractivity contribution in [1.29, 1.82) is 0 Å². The second-order valence-corrected chi connectivity index (χ2v) is 3.54. The SMILES string of the molecule is O=c1nc2c(c[nH]1)[nH]c(=O)n2-c1ccccc1. The van der Waals surface area contributed by atoms with E-state index in [4.69, 9.17) is 0 Å². The number of nitrogens with one attached hydrogen (secondary N) is 2. The smallest absolute Gasteiger partial charge is 0.310 e. The van der Waals surface area contributed by atoms with Crippen LogP contribution >= 0.6 is 0 Å². The van der Waals surface area contributed by atoms with Crippen molar-refractivity contribution in [3.05, 3.63) is 57.5 Å². The quantitative estimate of drug-likeness (QED) is 0.632. The minimum atomic E-state index is -0.485. The number of hydrogen-bond acceptors (Lipinski definition) is 3. The van der Waals surface area contributed by atoms with Crippen molar-refractivity contribution in [1.82, 2.24) is 19.5 Å². The Morgan fingerprint density at radius 2 is 1.88 bits per heavy atom. The molecular weight excluding hydrogens is 220 g/mol. The molecule has 0 amide bonds. The fraction of sp³-hybridized carbons (Fsp3) is 0. The van der Waals surface area contributed by atoms with Crippen molar-refractivity contribution in [2.45, 2.75) is 0 Å². The van der Waals surface area contributed by atoms with Gasteiger partial charge in [-0.25, -0.2) is 14.2 Å². The molecule has 6 nitrogen and oxygen atoms in total. The summed E-state index contributed by atoms with van der Waals surface area (Å²) in [4.78, 5) is 31.8. The highest BCUT2D eigenvalue weighted by atomic mass is 16.2. The Morgan fingerprint density at radius 1 is 1.12 bits per heavy atom. The van der Waals surface area contributed by atoms with Gasteiger partial charge in [0.1, 0.15) is 5.52 Å². The summed E-state index contributed by atoms with van der Waals surface area (Å²) in [5.41, 5.74) is 0.684. The van der Waals surface area contributed by atoms with Crippen LogP contribution in [-0.2, 0) is 0 Å². The van der Waals surface area contributed by atoms with Crippen LogP contribution in [0.4, 0.5) is 0 Å². The molecule has 1 aromatic carbocycles. The molecule has 2 aromatic heterocycles. The summed E-state index contributed by atoms with van der Waals surface area (Å²) in [6.45, 7) is 0. The van der Waals surface area contributed by atoms with Gasteiger partial charge in [-0.15, -0.1) is 0 Å². The number of aromatic amines is 2. The third-order valence-corrected chi connectivity index (χ3v) is 2.46. The highest BCUT2D eigenvalue weighted by Gasteiger charge is 2.09. The molecule has 3 rings (SSSR count). The van der Waals surface area contributed by atoms with Gasteiger partial charge in [0.2, 0.25) is 0 Å². The molecule has 0 aliphatic carbocycles. The van der Waals surface area contributed by atoms with Crippen LogP contribution in [0.15, 0.2) is 46.1 Å². The van der Waals surface area contributed by atoms with Crippen molar-refractivity contribution in [2.75, 3.05) is 0 Å². The van der Waals surface area contributed by atoms with Gasteiger partial charge in [-0.05, 0) is 12.1 Å². The predicted molar refractivity (Wildman–Crippen MR) is 62.3 cm³/mol. The molecule has 0 fully saturated rings. The molecule has 2 N–H and O–H groups in total. The maximum Gasteiger partial charge on any atom is 0.347 e. The minimum Gasteiger partial charge on any atom is -0.310 e. The maximum absolute atomic E-state index is 11.8. The van der Waals surface area contributed by atoms with E-state index in [2.05, 4.69) is 15.0 Å². The van der Waals surface area contributed by atoms with E-state index in [0.717, 1.165) is 0 Å². The highest BCUT2D eigenvalue weighted by molar-refractivity contribution is 5.71. The lowest BCUT2D eigenvalue weighted by atomic mass is 10.3. The maximum atomic E-state index is 11.8. The van der Waals surface area contributed by atoms with Crippen molar-refractivity contribution >= 4 is 11.2 Å². The highest BCUT2D eigenvalue weighted by Crippen LogP contribution is 2.10. The Balaban J connectivity index is 2.44. The van der Waals surface area contributed by atoms with Gasteiger partial charge in [0.05, 0.1) is 5.69 Å². The molecule has 0 atom stereocenters. The molecule has 2 heterocycles. The van der Waals surface area contributed by atoms with E-state index in [-0.39, 0.29) is 5.69 Å². The number of H-pyrrole nitrogens is 2. The zero-order valence-corrected chi connectivity index (χ0v) is 8.68. The number of fused-ring (bicyclic) bond motifs is 1. The summed E-state index contributed by atoms with van der Waals surface area (Å²) < 4.78 is 1.37. The van der Waals surface area contributed by atoms with Crippen LogP contribution in [0.3, 0.4) is 0 Å². The summed E-state index contributed by atoms with van der Waals surface area (Å²) in [6, 6.07) is 9.03. The van der Waals surface area contributed by atoms with Gasteiger partial charge >= 0.3 is 11.4 Å². The van der Waals surface area contributed by atoms with Gasteiger partial charge in [-0.1, -0.05) is 18.2 Å². The standard InChI is InChI=1S/C11H8N4O2/c16-10-12-6-8-9(14-10)15(11(17)13-8)7-4-2-1-3-5-7/h1-6H,(H,13,17)(H,12,14,16). The first-order valence-corrected chi connectivity index (χ1v) is 5.01. The lowest BCUT2D eigenvalue weighted by Gasteiger charge is -2.00. The molecule has 0 saturated carbocycles. The second-order valence-electron chi connectivity index (χ2n) is 3.54. The number of rotatable bonds is 1. The van der Waals surface area contributed by atoms with E-state index in [0.29, 0.717) is 16.9 Å². The monoisotopic (exact) mass is 228 g/mol. The second kappa shape index (κ2) is 3.44. The van der Waals surface area contributed by atoms with E-state index >= 15 is 0 Å². The number of nitrogens with zero attached hydrogens (tertiary/aromatic N) is 2.